The number of nitro groups is 3. The molecule has 202 valence electrons. The number of aromatic nitrogens is 4. The molecule has 0 radical (unpaired) electrons. The smallest absolute Gasteiger partial charge is 0.382 e. The number of nitrogens with zero attached hydrogens (tertiary/aromatic N) is 7. The zero-order valence-electron chi connectivity index (χ0n) is 18.4. The van der Waals surface area contributed by atoms with Crippen LogP contribution in [0.2, 0.25) is 0 Å². The molecule has 0 saturated carbocycles. The van der Waals surface area contributed by atoms with E-state index >= 15 is 0 Å². The zero-order valence-corrected chi connectivity index (χ0v) is 19.3. The Morgan fingerprint density at radius 1 is 1.13 bits per heavy atom. The van der Waals surface area contributed by atoms with Crippen molar-refractivity contribution in [3.05, 3.63) is 66.5 Å². The number of nitrogens with two attached hydrogens (primary N) is 1. The first-order chi connectivity index (χ1) is 17.8. The van der Waals surface area contributed by atoms with Crippen LogP contribution in [0.25, 0.3) is 11.2 Å². The minimum absolute atomic E-state index is 0.0125. The van der Waals surface area contributed by atoms with Gasteiger partial charge in [-0.15, -0.1) is 0 Å². The summed E-state index contributed by atoms with van der Waals surface area (Å²) in [7, 11) is -5.04. The van der Waals surface area contributed by atoms with Gasteiger partial charge >= 0.3 is 25.3 Å². The fraction of sp³-hybridized carbons (Fsp3) is 0.438. The SMILES string of the molecule is Nc1ncnc2c1ncn2[C@@H]1O[C@H](COP(=O)(O)O)[C@H]2O[C@]3(O[C@H]21)C([N+](=O)[O-])=CC([N+](=O)[O-])=CC3[N+](=O)[O-]. The van der Waals surface area contributed by atoms with E-state index in [2.05, 4.69) is 19.5 Å². The molecule has 6 atom stereocenters. The molecule has 1 aliphatic carbocycles. The Bertz CT molecular complexity index is 1470. The second-order valence-electron chi connectivity index (χ2n) is 8.13. The highest BCUT2D eigenvalue weighted by molar-refractivity contribution is 7.46. The molecule has 0 aromatic carbocycles. The molecule has 1 spiro atoms. The summed E-state index contributed by atoms with van der Waals surface area (Å²) in [5, 5.41) is 35.2. The highest BCUT2D eigenvalue weighted by Crippen LogP contribution is 2.51. The Labute approximate surface area is 208 Å². The van der Waals surface area contributed by atoms with Crippen LogP contribution in [0.4, 0.5) is 5.82 Å². The fourth-order valence-electron chi connectivity index (χ4n) is 4.46. The number of imidazole rings is 1. The Kier molecular flexibility index (Phi) is 5.94. The number of hydrogen-bond donors (Lipinski definition) is 3. The molecule has 1 unspecified atom stereocenters. The number of hydrogen-bond acceptors (Lipinski definition) is 15. The van der Waals surface area contributed by atoms with Crippen LogP contribution in [0.5, 0.6) is 0 Å². The van der Waals surface area contributed by atoms with Crippen molar-refractivity contribution in [2.24, 2.45) is 0 Å². The Hall–Kier alpha value is -3.98. The van der Waals surface area contributed by atoms with Gasteiger partial charge in [0, 0.05) is 4.92 Å². The number of nitrogen functional groups attached to an aromatic ring is 1. The lowest BCUT2D eigenvalue weighted by Crippen LogP contribution is -2.53. The van der Waals surface area contributed by atoms with Crippen LogP contribution in [0.15, 0.2) is 36.2 Å². The highest BCUT2D eigenvalue weighted by atomic mass is 31.2. The van der Waals surface area contributed by atoms with E-state index < -0.39 is 77.0 Å². The summed E-state index contributed by atoms with van der Waals surface area (Å²) >= 11 is 0. The van der Waals surface area contributed by atoms with Gasteiger partial charge in [0.15, 0.2) is 17.7 Å². The summed E-state index contributed by atoms with van der Waals surface area (Å²) in [6.07, 6.45) is -2.33. The maximum absolute atomic E-state index is 12.0. The maximum atomic E-state index is 12.0. The molecule has 2 aliphatic heterocycles. The van der Waals surface area contributed by atoms with Gasteiger partial charge in [-0.05, 0) is 0 Å². The van der Waals surface area contributed by atoms with E-state index in [4.69, 9.17) is 29.7 Å². The average molecular weight is 558 g/mol. The Morgan fingerprint density at radius 3 is 2.47 bits per heavy atom. The zero-order chi connectivity index (χ0) is 27.6. The molecule has 22 heteroatoms. The van der Waals surface area contributed by atoms with Crippen LogP contribution in [0.3, 0.4) is 0 Å². The van der Waals surface area contributed by atoms with Crippen LogP contribution in [-0.2, 0) is 23.3 Å². The topological polar surface area (TPSA) is 293 Å². The number of allylic oxidation sites excluding steroid dienone is 1. The normalized spacial score (nSPS) is 30.7. The van der Waals surface area contributed by atoms with Crippen molar-refractivity contribution < 1.29 is 47.9 Å². The first-order valence-corrected chi connectivity index (χ1v) is 11.9. The first kappa shape index (κ1) is 25.7. The summed E-state index contributed by atoms with van der Waals surface area (Å²) in [5.74, 6) is -2.80. The van der Waals surface area contributed by atoms with E-state index in [1.54, 1.807) is 0 Å². The molecule has 4 N–H and O–H groups in total. The van der Waals surface area contributed by atoms with Gasteiger partial charge in [-0.2, -0.15) is 0 Å². The minimum atomic E-state index is -5.04. The third kappa shape index (κ3) is 4.07. The van der Waals surface area contributed by atoms with E-state index in [1.807, 2.05) is 0 Å². The number of phosphoric ester groups is 1. The van der Waals surface area contributed by atoms with Crippen LogP contribution in [-0.4, -0.2) is 80.8 Å². The fourth-order valence-corrected chi connectivity index (χ4v) is 4.80. The second kappa shape index (κ2) is 8.80. The van der Waals surface area contributed by atoms with E-state index in [9.17, 15) is 34.9 Å². The van der Waals surface area contributed by atoms with Crippen molar-refractivity contribution >= 4 is 24.8 Å². The predicted octanol–water partition coefficient (Wildman–Crippen LogP) is -1.12. The molecule has 2 saturated heterocycles. The van der Waals surface area contributed by atoms with Crippen LogP contribution < -0.4 is 5.73 Å². The van der Waals surface area contributed by atoms with Gasteiger partial charge in [0.05, 0.1) is 34.9 Å². The molecule has 2 fully saturated rings. The average Bonchev–Trinajstić information content (AvgIpc) is 3.50. The van der Waals surface area contributed by atoms with Crippen molar-refractivity contribution in [2.75, 3.05) is 12.3 Å². The van der Waals surface area contributed by atoms with Crippen molar-refractivity contribution in [3.63, 3.8) is 0 Å². The van der Waals surface area contributed by atoms with E-state index in [0.29, 0.717) is 12.2 Å². The molecule has 2 aromatic rings. The third-order valence-corrected chi connectivity index (χ3v) is 6.46. The third-order valence-electron chi connectivity index (χ3n) is 5.97. The van der Waals surface area contributed by atoms with Gasteiger partial charge in [0.25, 0.3) is 5.70 Å². The monoisotopic (exact) mass is 558 g/mol. The molecule has 38 heavy (non-hydrogen) atoms. The van der Waals surface area contributed by atoms with Gasteiger partial charge in [-0.3, -0.25) is 39.4 Å². The second-order valence-corrected chi connectivity index (χ2v) is 9.37. The lowest BCUT2D eigenvalue weighted by Gasteiger charge is -2.30. The van der Waals surface area contributed by atoms with Gasteiger partial charge in [-0.1, -0.05) is 0 Å². The summed E-state index contributed by atoms with van der Waals surface area (Å²) in [5.41, 5.74) is 3.95. The molecule has 4 heterocycles. The van der Waals surface area contributed by atoms with Crippen LogP contribution in [0, 0.1) is 30.3 Å². The summed E-state index contributed by atoms with van der Waals surface area (Å²) in [4.78, 5) is 62.2. The molecule has 21 nitrogen and oxygen atoms in total. The van der Waals surface area contributed by atoms with E-state index in [1.165, 1.54) is 10.9 Å². The van der Waals surface area contributed by atoms with Gasteiger partial charge in [0.2, 0.25) is 0 Å². The summed E-state index contributed by atoms with van der Waals surface area (Å²) in [6, 6.07) is -2.26. The van der Waals surface area contributed by atoms with Gasteiger partial charge < -0.3 is 29.7 Å². The first-order valence-electron chi connectivity index (χ1n) is 10.3. The van der Waals surface area contributed by atoms with Crippen LogP contribution in [0.1, 0.15) is 6.23 Å². The lowest BCUT2D eigenvalue weighted by atomic mass is 9.96. The molecule has 2 aromatic heterocycles. The van der Waals surface area contributed by atoms with Crippen molar-refractivity contribution in [3.8, 4) is 0 Å². The van der Waals surface area contributed by atoms with Gasteiger partial charge in [0.1, 0.15) is 30.2 Å². The van der Waals surface area contributed by atoms with Crippen molar-refractivity contribution in [2.45, 2.75) is 36.4 Å². The number of fused-ring (bicyclic) bond motifs is 2. The number of rotatable bonds is 7. The van der Waals surface area contributed by atoms with Crippen molar-refractivity contribution in [1.29, 1.82) is 0 Å². The highest BCUT2D eigenvalue weighted by Gasteiger charge is 2.71. The quantitative estimate of drug-likeness (QED) is 0.206. The summed E-state index contributed by atoms with van der Waals surface area (Å²) in [6.45, 7) is -0.832. The van der Waals surface area contributed by atoms with E-state index in [0.717, 1.165) is 6.33 Å². The van der Waals surface area contributed by atoms with Gasteiger partial charge in [-0.25, -0.2) is 19.5 Å². The molecule has 3 aliphatic rings. The number of phosphoric acid groups is 1. The Morgan fingerprint density at radius 2 is 1.84 bits per heavy atom. The van der Waals surface area contributed by atoms with Crippen LogP contribution >= 0.6 is 7.82 Å². The Balaban J connectivity index is 1.61. The largest absolute Gasteiger partial charge is 0.469 e. The molecule has 5 rings (SSSR count). The minimum Gasteiger partial charge on any atom is -0.382 e. The number of ether oxygens (including phenoxy) is 3. The number of anilines is 1. The predicted molar refractivity (Wildman–Crippen MR) is 115 cm³/mol. The lowest BCUT2D eigenvalue weighted by molar-refractivity contribution is -0.569. The molecule has 0 bridgehead atoms. The molecular weight excluding hydrogens is 543 g/mol. The standard InChI is InChI=1S/C16H15N8O13P/c17-13-10-14(19-4-18-13)21(5-20-10)15-12-11(7(35-15)3-34-38(31,32)33)36-16(37-12)8(23(27)28)1-6(22(25)26)2-9(16)24(29)30/h1-2,4-5,7-8,11-12,15H,3H2,(H2,17,18,19)(H2,31,32,33)/t7-,8?,11-,12-,15-,16-/m1/s1. The van der Waals surface area contributed by atoms with E-state index in [-0.39, 0.29) is 17.0 Å². The van der Waals surface area contributed by atoms with Crippen molar-refractivity contribution in [1.82, 2.24) is 19.5 Å². The molecular formula is C16H15N8O13P. The summed E-state index contributed by atoms with van der Waals surface area (Å²) < 4.78 is 34.5. The molecule has 0 amide bonds. The maximum Gasteiger partial charge on any atom is 0.469 e.